The van der Waals surface area contributed by atoms with Gasteiger partial charge in [0, 0.05) is 42.8 Å². The Morgan fingerprint density at radius 2 is 2.11 bits per heavy atom. The zero-order chi connectivity index (χ0) is 12.9. The molecule has 2 aliphatic heterocycles. The average molecular weight is 260 g/mol. The highest BCUT2D eigenvalue weighted by Gasteiger charge is 2.45. The Balaban J connectivity index is 1.65. The SMILES string of the molecule is CC1CNCC2(CC2)CN1c1ccc2c(c1)OCO2. The molecule has 0 radical (unpaired) electrons. The van der Waals surface area contributed by atoms with Gasteiger partial charge in [-0.1, -0.05) is 0 Å². The van der Waals surface area contributed by atoms with Crippen molar-refractivity contribution < 1.29 is 9.47 Å². The fourth-order valence-electron chi connectivity index (χ4n) is 3.15. The molecule has 0 bridgehead atoms. The zero-order valence-corrected chi connectivity index (χ0v) is 11.3. The van der Waals surface area contributed by atoms with Crippen LogP contribution in [0.5, 0.6) is 11.5 Å². The molecule has 2 fully saturated rings. The summed E-state index contributed by atoms with van der Waals surface area (Å²) in [5.74, 6) is 1.75. The number of benzene rings is 1. The van der Waals surface area contributed by atoms with Gasteiger partial charge >= 0.3 is 0 Å². The van der Waals surface area contributed by atoms with E-state index in [1.807, 2.05) is 6.07 Å². The van der Waals surface area contributed by atoms with E-state index in [2.05, 4.69) is 29.3 Å². The van der Waals surface area contributed by atoms with Crippen LogP contribution >= 0.6 is 0 Å². The highest BCUT2D eigenvalue weighted by atomic mass is 16.7. The Morgan fingerprint density at radius 1 is 1.26 bits per heavy atom. The van der Waals surface area contributed by atoms with Crippen LogP contribution in [0.3, 0.4) is 0 Å². The summed E-state index contributed by atoms with van der Waals surface area (Å²) in [5.41, 5.74) is 1.77. The molecule has 1 aliphatic carbocycles. The van der Waals surface area contributed by atoms with Gasteiger partial charge in [0.1, 0.15) is 0 Å². The van der Waals surface area contributed by atoms with E-state index in [-0.39, 0.29) is 0 Å². The van der Waals surface area contributed by atoms with Gasteiger partial charge in [-0.25, -0.2) is 0 Å². The highest BCUT2D eigenvalue weighted by Crippen LogP contribution is 2.48. The summed E-state index contributed by atoms with van der Waals surface area (Å²) < 4.78 is 10.9. The molecule has 2 heterocycles. The number of ether oxygens (including phenoxy) is 2. The molecule has 0 amide bonds. The Bertz CT molecular complexity index is 499. The third-order valence-electron chi connectivity index (χ3n) is 4.62. The number of rotatable bonds is 1. The first kappa shape index (κ1) is 11.4. The summed E-state index contributed by atoms with van der Waals surface area (Å²) in [6, 6.07) is 6.83. The maximum Gasteiger partial charge on any atom is 0.231 e. The summed E-state index contributed by atoms with van der Waals surface area (Å²) in [6.07, 6.45) is 2.71. The van der Waals surface area contributed by atoms with Gasteiger partial charge in [0.2, 0.25) is 6.79 Å². The van der Waals surface area contributed by atoms with Crippen molar-refractivity contribution in [3.63, 3.8) is 0 Å². The lowest BCUT2D eigenvalue weighted by Crippen LogP contribution is -2.38. The summed E-state index contributed by atoms with van der Waals surface area (Å²) in [6.45, 7) is 6.01. The van der Waals surface area contributed by atoms with Crippen LogP contribution in [0.15, 0.2) is 18.2 Å². The van der Waals surface area contributed by atoms with Crippen LogP contribution in [0.2, 0.25) is 0 Å². The minimum absolute atomic E-state index is 0.347. The van der Waals surface area contributed by atoms with Gasteiger partial charge in [0.25, 0.3) is 0 Å². The lowest BCUT2D eigenvalue weighted by Gasteiger charge is -2.31. The standard InChI is InChI=1S/C15H20N2O2/c1-11-7-16-8-15(4-5-15)9-17(11)12-2-3-13-14(6-12)19-10-18-13/h2-3,6,11,16H,4-5,7-10H2,1H3. The Kier molecular flexibility index (Phi) is 2.42. The number of fused-ring (bicyclic) bond motifs is 1. The molecule has 102 valence electrons. The lowest BCUT2D eigenvalue weighted by atomic mass is 10.1. The van der Waals surface area contributed by atoms with E-state index in [4.69, 9.17) is 9.47 Å². The number of nitrogens with one attached hydrogen (secondary N) is 1. The van der Waals surface area contributed by atoms with E-state index in [1.165, 1.54) is 25.1 Å². The van der Waals surface area contributed by atoms with E-state index in [1.54, 1.807) is 0 Å². The fourth-order valence-corrected chi connectivity index (χ4v) is 3.15. The number of hydrogen-bond donors (Lipinski definition) is 1. The first-order valence-corrected chi connectivity index (χ1v) is 7.13. The third kappa shape index (κ3) is 1.94. The summed E-state index contributed by atoms with van der Waals surface area (Å²) in [7, 11) is 0. The normalized spacial score (nSPS) is 27.4. The second-order valence-electron chi connectivity index (χ2n) is 6.15. The maximum absolute atomic E-state index is 5.50. The molecule has 1 aromatic rings. The van der Waals surface area contributed by atoms with Crippen LogP contribution < -0.4 is 19.7 Å². The van der Waals surface area contributed by atoms with E-state index in [9.17, 15) is 0 Å². The topological polar surface area (TPSA) is 33.7 Å². The Labute approximate surface area is 113 Å². The quantitative estimate of drug-likeness (QED) is 0.837. The van der Waals surface area contributed by atoms with E-state index in [0.29, 0.717) is 18.2 Å². The molecule has 1 N–H and O–H groups in total. The molecule has 0 aromatic heterocycles. The third-order valence-corrected chi connectivity index (χ3v) is 4.62. The van der Waals surface area contributed by atoms with Crippen LogP contribution in [-0.4, -0.2) is 32.5 Å². The second-order valence-corrected chi connectivity index (χ2v) is 6.15. The summed E-state index contributed by atoms with van der Waals surface area (Å²) >= 11 is 0. The van der Waals surface area contributed by atoms with Crippen molar-refractivity contribution in [3.05, 3.63) is 18.2 Å². The van der Waals surface area contributed by atoms with E-state index < -0.39 is 0 Å². The van der Waals surface area contributed by atoms with Gasteiger partial charge in [0.15, 0.2) is 11.5 Å². The molecule has 4 nitrogen and oxygen atoms in total. The number of hydrogen-bond acceptors (Lipinski definition) is 4. The second kappa shape index (κ2) is 4.04. The fraction of sp³-hybridized carbons (Fsp3) is 0.600. The molecular weight excluding hydrogens is 240 g/mol. The van der Waals surface area contributed by atoms with Crippen molar-refractivity contribution in [2.45, 2.75) is 25.8 Å². The van der Waals surface area contributed by atoms with Gasteiger partial charge in [-0.3, -0.25) is 0 Å². The molecular formula is C15H20N2O2. The Hall–Kier alpha value is -1.42. The van der Waals surface area contributed by atoms with Crippen LogP contribution in [0, 0.1) is 5.41 Å². The molecule has 1 saturated heterocycles. The number of anilines is 1. The molecule has 1 saturated carbocycles. The van der Waals surface area contributed by atoms with Crippen molar-refractivity contribution in [1.29, 1.82) is 0 Å². The van der Waals surface area contributed by atoms with Gasteiger partial charge in [-0.15, -0.1) is 0 Å². The minimum atomic E-state index is 0.347. The van der Waals surface area contributed by atoms with Gasteiger partial charge < -0.3 is 19.7 Å². The summed E-state index contributed by atoms with van der Waals surface area (Å²) in [4.78, 5) is 2.52. The molecule has 1 spiro atoms. The average Bonchev–Trinajstić information content (AvgIpc) is 3.06. The van der Waals surface area contributed by atoms with Gasteiger partial charge in [-0.2, -0.15) is 0 Å². The highest BCUT2D eigenvalue weighted by molar-refractivity contribution is 5.58. The summed E-state index contributed by atoms with van der Waals surface area (Å²) in [5, 5.41) is 3.60. The molecule has 4 rings (SSSR count). The predicted molar refractivity (Wildman–Crippen MR) is 73.9 cm³/mol. The van der Waals surface area contributed by atoms with Gasteiger partial charge in [-0.05, 0) is 31.9 Å². The first-order valence-electron chi connectivity index (χ1n) is 7.13. The van der Waals surface area contributed by atoms with Crippen molar-refractivity contribution in [2.24, 2.45) is 5.41 Å². The van der Waals surface area contributed by atoms with Crippen molar-refractivity contribution in [3.8, 4) is 11.5 Å². The zero-order valence-electron chi connectivity index (χ0n) is 11.3. The van der Waals surface area contributed by atoms with Crippen molar-refractivity contribution in [1.82, 2.24) is 5.32 Å². The molecule has 1 atom stereocenters. The van der Waals surface area contributed by atoms with E-state index >= 15 is 0 Å². The lowest BCUT2D eigenvalue weighted by molar-refractivity contribution is 0.174. The van der Waals surface area contributed by atoms with Crippen LogP contribution in [-0.2, 0) is 0 Å². The minimum Gasteiger partial charge on any atom is -0.454 e. The van der Waals surface area contributed by atoms with Crippen LogP contribution in [0.4, 0.5) is 5.69 Å². The van der Waals surface area contributed by atoms with Crippen LogP contribution in [0.1, 0.15) is 19.8 Å². The maximum atomic E-state index is 5.50. The smallest absolute Gasteiger partial charge is 0.231 e. The van der Waals surface area contributed by atoms with E-state index in [0.717, 1.165) is 24.6 Å². The van der Waals surface area contributed by atoms with Gasteiger partial charge in [0.05, 0.1) is 0 Å². The van der Waals surface area contributed by atoms with Crippen molar-refractivity contribution >= 4 is 5.69 Å². The number of nitrogens with zero attached hydrogens (tertiary/aromatic N) is 1. The molecule has 19 heavy (non-hydrogen) atoms. The molecule has 4 heteroatoms. The molecule has 1 unspecified atom stereocenters. The largest absolute Gasteiger partial charge is 0.454 e. The molecule has 1 aromatic carbocycles. The van der Waals surface area contributed by atoms with Crippen LogP contribution in [0.25, 0.3) is 0 Å². The Morgan fingerprint density at radius 3 is 2.95 bits per heavy atom. The monoisotopic (exact) mass is 260 g/mol. The first-order chi connectivity index (χ1) is 9.26. The molecule has 3 aliphatic rings. The van der Waals surface area contributed by atoms with Crippen molar-refractivity contribution in [2.75, 3.05) is 31.3 Å². The predicted octanol–water partition coefficient (Wildman–Crippen LogP) is 1.99.